The zero-order valence-electron chi connectivity index (χ0n) is 18.3. The summed E-state index contributed by atoms with van der Waals surface area (Å²) in [6.07, 6.45) is 1.86. The second kappa shape index (κ2) is 9.52. The van der Waals surface area contributed by atoms with Crippen LogP contribution in [-0.2, 0) is 21.2 Å². The molecule has 1 atom stereocenters. The van der Waals surface area contributed by atoms with Crippen molar-refractivity contribution in [3.05, 3.63) is 77.9 Å². The van der Waals surface area contributed by atoms with Gasteiger partial charge in [0.25, 0.3) is 5.91 Å². The Hall–Kier alpha value is -3.30. The van der Waals surface area contributed by atoms with Gasteiger partial charge in [-0.15, -0.1) is 11.3 Å². The molecule has 4 aromatic rings. The fourth-order valence-electron chi connectivity index (χ4n) is 4.22. The summed E-state index contributed by atoms with van der Waals surface area (Å²) in [7, 11) is -3.14. The molecule has 0 saturated carbocycles. The van der Waals surface area contributed by atoms with Gasteiger partial charge in [0, 0.05) is 23.5 Å². The van der Waals surface area contributed by atoms with Gasteiger partial charge in [-0.25, -0.2) is 18.4 Å². The van der Waals surface area contributed by atoms with Gasteiger partial charge in [0.2, 0.25) is 5.88 Å². The monoisotopic (exact) mass is 493 g/mol. The third kappa shape index (κ3) is 4.80. The highest BCUT2D eigenvalue weighted by atomic mass is 32.2. The quantitative estimate of drug-likeness (QED) is 0.387. The van der Waals surface area contributed by atoms with Gasteiger partial charge < -0.3 is 9.64 Å². The van der Waals surface area contributed by atoms with Crippen molar-refractivity contribution in [2.45, 2.75) is 19.0 Å². The summed E-state index contributed by atoms with van der Waals surface area (Å²) < 4.78 is 30.2. The van der Waals surface area contributed by atoms with E-state index in [9.17, 15) is 13.2 Å². The van der Waals surface area contributed by atoms with Crippen LogP contribution in [-0.4, -0.2) is 53.3 Å². The highest BCUT2D eigenvalue weighted by Gasteiger charge is 2.35. The van der Waals surface area contributed by atoms with Crippen LogP contribution in [0.4, 0.5) is 0 Å². The molecule has 5 rings (SSSR count). The maximum absolute atomic E-state index is 13.3. The Morgan fingerprint density at radius 3 is 2.50 bits per heavy atom. The fourth-order valence-corrected chi connectivity index (χ4v) is 6.86. The topological polar surface area (TPSA) is 89.5 Å². The minimum absolute atomic E-state index is 0.0218. The van der Waals surface area contributed by atoms with Crippen molar-refractivity contribution < 1.29 is 17.9 Å². The first-order valence-corrected chi connectivity index (χ1v) is 13.6. The van der Waals surface area contributed by atoms with E-state index >= 15 is 0 Å². The largest absolute Gasteiger partial charge is 0.467 e. The second-order valence-corrected chi connectivity index (χ2v) is 11.3. The Balaban J connectivity index is 1.40. The van der Waals surface area contributed by atoms with Gasteiger partial charge in [-0.1, -0.05) is 60.7 Å². The molecule has 1 amide bonds. The summed E-state index contributed by atoms with van der Waals surface area (Å²) in [6.45, 7) is 0.0929. The Kier molecular flexibility index (Phi) is 6.30. The predicted molar refractivity (Wildman–Crippen MR) is 132 cm³/mol. The van der Waals surface area contributed by atoms with Crippen molar-refractivity contribution in [2.24, 2.45) is 0 Å². The van der Waals surface area contributed by atoms with E-state index in [4.69, 9.17) is 4.74 Å². The molecule has 34 heavy (non-hydrogen) atoms. The molecule has 1 aliphatic rings. The average molecular weight is 494 g/mol. The van der Waals surface area contributed by atoms with Crippen LogP contribution in [0.15, 0.2) is 72.4 Å². The number of thiophene rings is 1. The lowest BCUT2D eigenvalue weighted by atomic mass is 10.1. The number of fused-ring (bicyclic) bond motifs is 1. The smallest absolute Gasteiger partial charge is 0.261 e. The molecule has 0 unspecified atom stereocenters. The lowest BCUT2D eigenvalue weighted by Gasteiger charge is -2.28. The van der Waals surface area contributed by atoms with Gasteiger partial charge in [0.05, 0.1) is 16.9 Å². The standard InChI is InChI=1S/C25H23N3O4S2/c29-22(28(13-18-7-3-1-4-8-18)20-11-12-34(30,31)16-20)14-32-24-23-21(19-9-5-2-6-10-19)15-33-25(23)27-17-26-24/h1-10,15,17,20H,11-14,16H2/t20-/m1/s1. The maximum Gasteiger partial charge on any atom is 0.261 e. The zero-order chi connectivity index (χ0) is 23.5. The molecule has 174 valence electrons. The third-order valence-electron chi connectivity index (χ3n) is 5.92. The van der Waals surface area contributed by atoms with E-state index in [0.717, 1.165) is 26.9 Å². The third-order valence-corrected chi connectivity index (χ3v) is 8.55. The lowest BCUT2D eigenvalue weighted by Crippen LogP contribution is -2.43. The zero-order valence-corrected chi connectivity index (χ0v) is 20.0. The maximum atomic E-state index is 13.3. The molecule has 1 fully saturated rings. The van der Waals surface area contributed by atoms with Crippen LogP contribution in [0.3, 0.4) is 0 Å². The van der Waals surface area contributed by atoms with Crippen LogP contribution >= 0.6 is 11.3 Å². The highest BCUT2D eigenvalue weighted by molar-refractivity contribution is 7.91. The molecule has 3 heterocycles. The van der Waals surface area contributed by atoms with E-state index in [1.807, 2.05) is 66.0 Å². The number of carbonyl (C=O) groups excluding carboxylic acids is 1. The molecule has 2 aromatic heterocycles. The van der Waals surface area contributed by atoms with E-state index in [0.29, 0.717) is 18.8 Å². The van der Waals surface area contributed by atoms with Crippen molar-refractivity contribution in [3.63, 3.8) is 0 Å². The number of amides is 1. The molecule has 1 saturated heterocycles. The SMILES string of the molecule is O=C(COc1ncnc2scc(-c3ccccc3)c12)N(Cc1ccccc1)[C@@H]1CCS(=O)(=O)C1. The Labute approximate surface area is 202 Å². The second-order valence-electron chi connectivity index (χ2n) is 8.23. The van der Waals surface area contributed by atoms with Gasteiger partial charge in [0.15, 0.2) is 16.4 Å². The molecule has 0 N–H and O–H groups in total. The number of rotatable bonds is 7. The van der Waals surface area contributed by atoms with E-state index in [-0.39, 0.29) is 30.1 Å². The van der Waals surface area contributed by atoms with Crippen LogP contribution in [0, 0.1) is 0 Å². The van der Waals surface area contributed by atoms with Crippen molar-refractivity contribution in [3.8, 4) is 17.0 Å². The van der Waals surface area contributed by atoms with E-state index in [2.05, 4.69) is 9.97 Å². The van der Waals surface area contributed by atoms with Gasteiger partial charge >= 0.3 is 0 Å². The number of aromatic nitrogens is 2. The minimum atomic E-state index is -3.14. The summed E-state index contributed by atoms with van der Waals surface area (Å²) in [5.41, 5.74) is 2.90. The number of sulfone groups is 1. The van der Waals surface area contributed by atoms with Gasteiger partial charge in [-0.3, -0.25) is 4.79 Å². The molecule has 2 aromatic carbocycles. The van der Waals surface area contributed by atoms with Crippen LogP contribution < -0.4 is 4.74 Å². The first kappa shape index (κ1) is 22.5. The fraction of sp³-hybridized carbons (Fsp3) is 0.240. The summed E-state index contributed by atoms with van der Waals surface area (Å²) >= 11 is 1.49. The van der Waals surface area contributed by atoms with E-state index < -0.39 is 9.84 Å². The number of hydrogen-bond donors (Lipinski definition) is 0. The number of ether oxygens (including phenoxy) is 1. The Morgan fingerprint density at radius 1 is 1.06 bits per heavy atom. The molecule has 9 heteroatoms. The molecule has 7 nitrogen and oxygen atoms in total. The highest BCUT2D eigenvalue weighted by Crippen LogP contribution is 2.37. The minimum Gasteiger partial charge on any atom is -0.467 e. The molecule has 0 spiro atoms. The van der Waals surface area contributed by atoms with Gasteiger partial charge in [-0.05, 0) is 17.5 Å². The summed E-state index contributed by atoms with van der Waals surface area (Å²) in [4.78, 5) is 24.4. The summed E-state index contributed by atoms with van der Waals surface area (Å²) in [5, 5.41) is 2.78. The molecule has 0 bridgehead atoms. The predicted octanol–water partition coefficient (Wildman–Crippen LogP) is 3.95. The van der Waals surface area contributed by atoms with E-state index in [1.54, 1.807) is 4.90 Å². The number of carbonyl (C=O) groups is 1. The number of nitrogens with zero attached hydrogens (tertiary/aromatic N) is 3. The van der Waals surface area contributed by atoms with Gasteiger partial charge in [0.1, 0.15) is 11.2 Å². The van der Waals surface area contributed by atoms with Gasteiger partial charge in [-0.2, -0.15) is 0 Å². The van der Waals surface area contributed by atoms with Crippen LogP contribution in [0.2, 0.25) is 0 Å². The summed E-state index contributed by atoms with van der Waals surface area (Å²) in [5.74, 6) is 0.150. The van der Waals surface area contributed by atoms with Crippen LogP contribution in [0.5, 0.6) is 5.88 Å². The number of benzene rings is 2. The first-order valence-electron chi connectivity index (χ1n) is 10.9. The molecule has 0 radical (unpaired) electrons. The van der Waals surface area contributed by atoms with Crippen molar-refractivity contribution in [2.75, 3.05) is 18.1 Å². The van der Waals surface area contributed by atoms with Crippen LogP contribution in [0.25, 0.3) is 21.3 Å². The normalized spacial score (nSPS) is 17.0. The number of hydrogen-bond acceptors (Lipinski definition) is 7. The molecular formula is C25H23N3O4S2. The molecular weight excluding hydrogens is 470 g/mol. The Bertz CT molecular complexity index is 1410. The molecule has 0 aliphatic carbocycles. The molecule has 1 aliphatic heterocycles. The van der Waals surface area contributed by atoms with Crippen LogP contribution in [0.1, 0.15) is 12.0 Å². The first-order chi connectivity index (χ1) is 16.5. The average Bonchev–Trinajstić information content (AvgIpc) is 3.45. The van der Waals surface area contributed by atoms with Crippen molar-refractivity contribution in [1.29, 1.82) is 0 Å². The lowest BCUT2D eigenvalue weighted by molar-refractivity contribution is -0.136. The van der Waals surface area contributed by atoms with Crippen molar-refractivity contribution in [1.82, 2.24) is 14.9 Å². The van der Waals surface area contributed by atoms with E-state index in [1.165, 1.54) is 17.7 Å². The summed E-state index contributed by atoms with van der Waals surface area (Å²) in [6, 6.07) is 19.1. The van der Waals surface area contributed by atoms with Crippen molar-refractivity contribution >= 4 is 37.3 Å². The Morgan fingerprint density at radius 2 is 1.79 bits per heavy atom.